The van der Waals surface area contributed by atoms with Crippen LogP contribution in [0.4, 0.5) is 0 Å². The van der Waals surface area contributed by atoms with Crippen LogP contribution >= 0.6 is 0 Å². The van der Waals surface area contributed by atoms with E-state index in [1.807, 2.05) is 0 Å². The number of amides is 1. The van der Waals surface area contributed by atoms with E-state index in [1.54, 1.807) is 0 Å². The Hall–Kier alpha value is -0.570. The van der Waals surface area contributed by atoms with Crippen LogP contribution in [0.3, 0.4) is 0 Å². The van der Waals surface area contributed by atoms with Crippen molar-refractivity contribution in [1.82, 2.24) is 10.2 Å². The normalized spacial score (nSPS) is 37.8. The molecular weight excluding hydrogens is 236 g/mol. The van der Waals surface area contributed by atoms with Crippen LogP contribution in [0.2, 0.25) is 0 Å². The number of rotatable bonds is 2. The first-order chi connectivity index (χ1) is 9.25. The first-order valence-electron chi connectivity index (χ1n) is 8.30. The van der Waals surface area contributed by atoms with E-state index in [9.17, 15) is 4.79 Å². The van der Waals surface area contributed by atoms with Crippen molar-refractivity contribution in [2.45, 2.75) is 76.9 Å². The fraction of sp³-hybridized carbons (Fsp3) is 0.938. The molecule has 0 bridgehead atoms. The highest BCUT2D eigenvalue weighted by Crippen LogP contribution is 2.34. The molecule has 0 aromatic rings. The van der Waals surface area contributed by atoms with Crippen LogP contribution in [0.5, 0.6) is 0 Å². The molecule has 0 radical (unpaired) electrons. The van der Waals surface area contributed by atoms with Crippen LogP contribution in [0.25, 0.3) is 0 Å². The highest BCUT2D eigenvalue weighted by atomic mass is 16.2. The van der Waals surface area contributed by atoms with Crippen LogP contribution in [-0.2, 0) is 4.79 Å². The Balaban J connectivity index is 1.70. The Bertz CT molecular complexity index is 325. The van der Waals surface area contributed by atoms with Gasteiger partial charge in [-0.05, 0) is 43.9 Å². The van der Waals surface area contributed by atoms with Crippen molar-refractivity contribution in [2.75, 3.05) is 6.54 Å². The standard InChI is InChI=1S/C16H28N2O/c1-12-5-4-8-14(10-9-12)18-15(19)11-17-16(18)13-6-2-3-7-13/h12-14,16-17H,2-11H2,1H3. The molecule has 108 valence electrons. The van der Waals surface area contributed by atoms with Gasteiger partial charge in [0.2, 0.25) is 5.91 Å². The van der Waals surface area contributed by atoms with Gasteiger partial charge < -0.3 is 4.90 Å². The predicted octanol–water partition coefficient (Wildman–Crippen LogP) is 2.90. The zero-order valence-electron chi connectivity index (χ0n) is 12.2. The molecule has 1 heterocycles. The smallest absolute Gasteiger partial charge is 0.238 e. The topological polar surface area (TPSA) is 32.3 Å². The first-order valence-corrected chi connectivity index (χ1v) is 8.30. The maximum absolute atomic E-state index is 12.3. The monoisotopic (exact) mass is 264 g/mol. The maximum Gasteiger partial charge on any atom is 0.238 e. The summed E-state index contributed by atoms with van der Waals surface area (Å²) in [6.45, 7) is 2.94. The van der Waals surface area contributed by atoms with Gasteiger partial charge in [0, 0.05) is 6.04 Å². The molecule has 2 aliphatic carbocycles. The van der Waals surface area contributed by atoms with E-state index >= 15 is 0 Å². The van der Waals surface area contributed by atoms with Crippen LogP contribution in [0.15, 0.2) is 0 Å². The van der Waals surface area contributed by atoms with Crippen molar-refractivity contribution in [3.63, 3.8) is 0 Å². The summed E-state index contributed by atoms with van der Waals surface area (Å²) < 4.78 is 0. The lowest BCUT2D eigenvalue weighted by molar-refractivity contribution is -0.131. The average molecular weight is 264 g/mol. The Morgan fingerprint density at radius 2 is 1.79 bits per heavy atom. The SMILES string of the molecule is CC1CCCC(N2C(=O)CNC2C2CCCC2)CC1. The van der Waals surface area contributed by atoms with E-state index in [1.165, 1.54) is 57.8 Å². The molecule has 3 rings (SSSR count). The summed E-state index contributed by atoms with van der Waals surface area (Å²) in [4.78, 5) is 14.6. The van der Waals surface area contributed by atoms with E-state index in [4.69, 9.17) is 0 Å². The minimum Gasteiger partial charge on any atom is -0.323 e. The third kappa shape index (κ3) is 2.81. The highest BCUT2D eigenvalue weighted by molar-refractivity contribution is 5.81. The molecule has 3 unspecified atom stereocenters. The van der Waals surface area contributed by atoms with Crippen molar-refractivity contribution in [3.05, 3.63) is 0 Å². The zero-order valence-corrected chi connectivity index (χ0v) is 12.2. The maximum atomic E-state index is 12.3. The lowest BCUT2D eigenvalue weighted by Gasteiger charge is -2.35. The van der Waals surface area contributed by atoms with Crippen LogP contribution in [0, 0.1) is 11.8 Å². The van der Waals surface area contributed by atoms with E-state index in [2.05, 4.69) is 17.1 Å². The molecule has 1 N–H and O–H groups in total. The van der Waals surface area contributed by atoms with Crippen molar-refractivity contribution < 1.29 is 4.79 Å². The second kappa shape index (κ2) is 5.82. The van der Waals surface area contributed by atoms with Crippen molar-refractivity contribution >= 4 is 5.91 Å². The van der Waals surface area contributed by atoms with E-state index in [-0.39, 0.29) is 0 Å². The lowest BCUT2D eigenvalue weighted by Crippen LogP contribution is -2.48. The third-order valence-electron chi connectivity index (χ3n) is 5.52. The Labute approximate surface area is 117 Å². The molecule has 19 heavy (non-hydrogen) atoms. The number of carbonyl (C=O) groups excluding carboxylic acids is 1. The fourth-order valence-electron chi connectivity index (χ4n) is 4.38. The molecule has 1 saturated heterocycles. The molecule has 3 aliphatic rings. The summed E-state index contributed by atoms with van der Waals surface area (Å²) in [6.07, 6.45) is 12.1. The average Bonchev–Trinajstić information content (AvgIpc) is 2.98. The largest absolute Gasteiger partial charge is 0.323 e. The number of carbonyl (C=O) groups is 1. The lowest BCUT2D eigenvalue weighted by atomic mass is 9.99. The van der Waals surface area contributed by atoms with E-state index in [0.29, 0.717) is 30.6 Å². The first kappa shape index (κ1) is 13.4. The fourth-order valence-corrected chi connectivity index (χ4v) is 4.38. The van der Waals surface area contributed by atoms with E-state index in [0.717, 1.165) is 5.92 Å². The number of nitrogens with zero attached hydrogens (tertiary/aromatic N) is 1. The second-order valence-corrected chi connectivity index (χ2v) is 6.94. The summed E-state index contributed by atoms with van der Waals surface area (Å²) >= 11 is 0. The molecular formula is C16H28N2O. The predicted molar refractivity (Wildman–Crippen MR) is 76.6 cm³/mol. The molecule has 0 aromatic carbocycles. The minimum absolute atomic E-state index is 0.355. The van der Waals surface area contributed by atoms with Crippen LogP contribution < -0.4 is 5.32 Å². The Morgan fingerprint density at radius 3 is 2.58 bits per heavy atom. The summed E-state index contributed by atoms with van der Waals surface area (Å²) in [5, 5.41) is 3.50. The molecule has 3 atom stereocenters. The third-order valence-corrected chi connectivity index (χ3v) is 5.52. The number of nitrogens with one attached hydrogen (secondary N) is 1. The minimum atomic E-state index is 0.355. The number of hydrogen-bond donors (Lipinski definition) is 1. The zero-order chi connectivity index (χ0) is 13.2. The van der Waals surface area contributed by atoms with Gasteiger partial charge in [0.15, 0.2) is 0 Å². The molecule has 2 saturated carbocycles. The van der Waals surface area contributed by atoms with Gasteiger partial charge in [0.05, 0.1) is 12.7 Å². The molecule has 0 spiro atoms. The van der Waals surface area contributed by atoms with Crippen LogP contribution in [-0.4, -0.2) is 29.6 Å². The Kier molecular flexibility index (Phi) is 4.11. The number of hydrogen-bond acceptors (Lipinski definition) is 2. The van der Waals surface area contributed by atoms with Gasteiger partial charge in [-0.3, -0.25) is 10.1 Å². The van der Waals surface area contributed by atoms with Crippen LogP contribution in [0.1, 0.15) is 64.7 Å². The molecule has 0 aromatic heterocycles. The summed E-state index contributed by atoms with van der Waals surface area (Å²) in [7, 11) is 0. The van der Waals surface area contributed by atoms with Crippen molar-refractivity contribution in [3.8, 4) is 0 Å². The summed E-state index contributed by atoms with van der Waals surface area (Å²) in [5.74, 6) is 1.92. The van der Waals surface area contributed by atoms with Gasteiger partial charge in [-0.25, -0.2) is 0 Å². The van der Waals surface area contributed by atoms with Gasteiger partial charge in [0.1, 0.15) is 0 Å². The Morgan fingerprint density at radius 1 is 1.00 bits per heavy atom. The summed E-state index contributed by atoms with van der Waals surface area (Å²) in [6, 6.07) is 0.512. The van der Waals surface area contributed by atoms with Gasteiger partial charge in [0.25, 0.3) is 0 Å². The van der Waals surface area contributed by atoms with Gasteiger partial charge in [-0.15, -0.1) is 0 Å². The second-order valence-electron chi connectivity index (χ2n) is 6.94. The summed E-state index contributed by atoms with van der Waals surface area (Å²) in [5.41, 5.74) is 0. The molecule has 1 aliphatic heterocycles. The van der Waals surface area contributed by atoms with E-state index < -0.39 is 0 Å². The quantitative estimate of drug-likeness (QED) is 0.778. The molecule has 3 fully saturated rings. The van der Waals surface area contributed by atoms with Gasteiger partial charge >= 0.3 is 0 Å². The van der Waals surface area contributed by atoms with Crippen molar-refractivity contribution in [2.24, 2.45) is 11.8 Å². The molecule has 1 amide bonds. The van der Waals surface area contributed by atoms with Gasteiger partial charge in [-0.1, -0.05) is 32.6 Å². The van der Waals surface area contributed by atoms with Crippen molar-refractivity contribution in [1.29, 1.82) is 0 Å². The highest BCUT2D eigenvalue weighted by Gasteiger charge is 2.40. The molecule has 3 heteroatoms. The molecule has 3 nitrogen and oxygen atoms in total. The van der Waals surface area contributed by atoms with Gasteiger partial charge in [-0.2, -0.15) is 0 Å².